The molecule has 3 aliphatic rings. The zero-order valence-electron chi connectivity index (χ0n) is 11.8. The first-order valence-electron chi connectivity index (χ1n) is 7.90. The molecule has 110 valence electrons. The summed E-state index contributed by atoms with van der Waals surface area (Å²) in [5.74, 6) is 1.06. The fraction of sp³-hybridized carbons (Fsp3) is 0.857. The van der Waals surface area contributed by atoms with Gasteiger partial charge in [-0.1, -0.05) is 12.8 Å². The second-order valence-corrected chi connectivity index (χ2v) is 6.62. The van der Waals surface area contributed by atoms with Crippen molar-refractivity contribution < 1.29 is 4.74 Å². The van der Waals surface area contributed by atoms with Crippen molar-refractivity contribution in [2.45, 2.75) is 63.1 Å². The van der Waals surface area contributed by atoms with E-state index in [1.165, 1.54) is 44.9 Å². The molecule has 0 spiro atoms. The van der Waals surface area contributed by atoms with Gasteiger partial charge in [-0.15, -0.1) is 5.10 Å². The van der Waals surface area contributed by atoms with Crippen molar-refractivity contribution in [2.75, 3.05) is 18.1 Å². The summed E-state index contributed by atoms with van der Waals surface area (Å²) in [7, 11) is 0. The molecule has 1 aromatic heterocycles. The predicted molar refractivity (Wildman–Crippen MR) is 79.6 cm³/mol. The number of hydrogen-bond acceptors (Lipinski definition) is 4. The van der Waals surface area contributed by atoms with E-state index < -0.39 is 0 Å². The minimum Gasteiger partial charge on any atom is -0.374 e. The van der Waals surface area contributed by atoms with Gasteiger partial charge in [0.25, 0.3) is 0 Å². The van der Waals surface area contributed by atoms with E-state index in [1.54, 1.807) is 0 Å². The molecule has 1 aliphatic heterocycles. The molecular weight excluding hydrogens is 272 g/mol. The third-order valence-corrected chi connectivity index (χ3v) is 5.40. The van der Waals surface area contributed by atoms with Crippen LogP contribution in [0.25, 0.3) is 0 Å². The average Bonchev–Trinajstić information content (AvgIpc) is 3.17. The van der Waals surface area contributed by atoms with E-state index in [2.05, 4.69) is 19.7 Å². The summed E-state index contributed by atoms with van der Waals surface area (Å²) in [4.78, 5) is 2.45. The molecule has 2 unspecified atom stereocenters. The van der Waals surface area contributed by atoms with Gasteiger partial charge in [0.2, 0.25) is 5.95 Å². The molecule has 6 heteroatoms. The molecule has 0 bridgehead atoms. The van der Waals surface area contributed by atoms with Gasteiger partial charge in [-0.25, -0.2) is 5.10 Å². The largest absolute Gasteiger partial charge is 0.374 e. The van der Waals surface area contributed by atoms with Gasteiger partial charge < -0.3 is 9.64 Å². The monoisotopic (exact) mass is 294 g/mol. The zero-order valence-corrected chi connectivity index (χ0v) is 12.6. The van der Waals surface area contributed by atoms with Gasteiger partial charge in [0.05, 0.1) is 18.8 Å². The second-order valence-electron chi connectivity index (χ2n) is 6.24. The molecule has 1 N–H and O–H groups in total. The number of aromatic nitrogens is 3. The molecule has 1 aromatic rings. The molecular formula is C14H22N4OS. The number of nitrogens with zero attached hydrogens (tertiary/aromatic N) is 3. The van der Waals surface area contributed by atoms with Gasteiger partial charge in [-0.3, -0.25) is 4.57 Å². The number of hydrogen-bond donors (Lipinski definition) is 1. The first-order chi connectivity index (χ1) is 9.84. The van der Waals surface area contributed by atoms with Crippen LogP contribution in [0.5, 0.6) is 0 Å². The Hall–Kier alpha value is -0.880. The fourth-order valence-corrected chi connectivity index (χ4v) is 4.44. The molecule has 2 saturated carbocycles. The summed E-state index contributed by atoms with van der Waals surface area (Å²) in [6.45, 7) is 1.75. The number of ether oxygens (including phenoxy) is 1. The van der Waals surface area contributed by atoms with Gasteiger partial charge in [0, 0.05) is 12.6 Å². The number of aromatic amines is 1. The summed E-state index contributed by atoms with van der Waals surface area (Å²) >= 11 is 5.49. The Morgan fingerprint density at radius 1 is 1.15 bits per heavy atom. The van der Waals surface area contributed by atoms with Crippen molar-refractivity contribution >= 4 is 18.2 Å². The number of nitrogens with one attached hydrogen (secondary N) is 1. The molecule has 20 heavy (non-hydrogen) atoms. The summed E-state index contributed by atoms with van der Waals surface area (Å²) in [6.07, 6.45) is 9.16. The topological polar surface area (TPSA) is 46.1 Å². The maximum absolute atomic E-state index is 5.91. The van der Waals surface area contributed by atoms with Crippen LogP contribution in [0.2, 0.25) is 0 Å². The molecule has 1 saturated heterocycles. The molecule has 0 aromatic carbocycles. The highest BCUT2D eigenvalue weighted by Gasteiger charge is 2.38. The van der Waals surface area contributed by atoms with Gasteiger partial charge in [0.1, 0.15) is 0 Å². The van der Waals surface area contributed by atoms with Gasteiger partial charge in [-0.2, -0.15) is 0 Å². The van der Waals surface area contributed by atoms with Crippen LogP contribution in [0.3, 0.4) is 0 Å². The van der Waals surface area contributed by atoms with Crippen molar-refractivity contribution in [3.63, 3.8) is 0 Å². The lowest BCUT2D eigenvalue weighted by Gasteiger charge is -2.38. The summed E-state index contributed by atoms with van der Waals surface area (Å²) < 4.78 is 8.98. The van der Waals surface area contributed by atoms with E-state index in [0.717, 1.165) is 23.9 Å². The average molecular weight is 294 g/mol. The van der Waals surface area contributed by atoms with Crippen LogP contribution in [0.1, 0.15) is 51.0 Å². The predicted octanol–water partition coefficient (Wildman–Crippen LogP) is 2.81. The standard InChI is InChI=1S/C14H22N4OS/c20-14-16-15-13(18(14)10-4-1-2-5-10)17-8-9-19-12-7-3-6-11(12)17/h10-12H,1-9H2,(H,16,20). The lowest BCUT2D eigenvalue weighted by molar-refractivity contribution is 0.0246. The van der Waals surface area contributed by atoms with Crippen molar-refractivity contribution in [3.8, 4) is 0 Å². The third kappa shape index (κ3) is 2.00. The number of H-pyrrole nitrogens is 1. The van der Waals surface area contributed by atoms with E-state index in [1.807, 2.05) is 0 Å². The van der Waals surface area contributed by atoms with Gasteiger partial charge >= 0.3 is 0 Å². The maximum Gasteiger partial charge on any atom is 0.226 e. The Morgan fingerprint density at radius 2 is 2.00 bits per heavy atom. The Labute approximate surface area is 124 Å². The highest BCUT2D eigenvalue weighted by molar-refractivity contribution is 7.71. The SMILES string of the molecule is S=c1[nH]nc(N2CCOC3CCCC32)n1C1CCCC1. The van der Waals surface area contributed by atoms with Crippen molar-refractivity contribution in [1.82, 2.24) is 14.8 Å². The second kappa shape index (κ2) is 5.15. The van der Waals surface area contributed by atoms with E-state index >= 15 is 0 Å². The summed E-state index contributed by atoms with van der Waals surface area (Å²) in [5, 5.41) is 7.59. The van der Waals surface area contributed by atoms with E-state index in [9.17, 15) is 0 Å². The van der Waals surface area contributed by atoms with Crippen molar-refractivity contribution in [1.29, 1.82) is 0 Å². The van der Waals surface area contributed by atoms with Crippen LogP contribution in [-0.2, 0) is 4.74 Å². The van der Waals surface area contributed by atoms with Crippen molar-refractivity contribution in [2.24, 2.45) is 0 Å². The molecule has 4 rings (SSSR count). The Kier molecular flexibility index (Phi) is 3.30. The Morgan fingerprint density at radius 3 is 2.85 bits per heavy atom. The maximum atomic E-state index is 5.91. The van der Waals surface area contributed by atoms with Crippen LogP contribution in [0.15, 0.2) is 0 Å². The van der Waals surface area contributed by atoms with Crippen LogP contribution in [-0.4, -0.2) is 40.1 Å². The van der Waals surface area contributed by atoms with Gasteiger partial charge in [0.15, 0.2) is 4.77 Å². The first-order valence-corrected chi connectivity index (χ1v) is 8.30. The van der Waals surface area contributed by atoms with Crippen LogP contribution in [0.4, 0.5) is 5.95 Å². The van der Waals surface area contributed by atoms with Gasteiger partial charge in [-0.05, 0) is 44.3 Å². The molecule has 0 radical (unpaired) electrons. The molecule has 2 heterocycles. The van der Waals surface area contributed by atoms with E-state index in [4.69, 9.17) is 17.0 Å². The summed E-state index contributed by atoms with van der Waals surface area (Å²) in [5.41, 5.74) is 0. The zero-order chi connectivity index (χ0) is 13.5. The quantitative estimate of drug-likeness (QED) is 0.852. The molecule has 2 atom stereocenters. The van der Waals surface area contributed by atoms with Crippen LogP contribution >= 0.6 is 12.2 Å². The lowest BCUT2D eigenvalue weighted by Crippen LogP contribution is -2.49. The first kappa shape index (κ1) is 12.8. The smallest absolute Gasteiger partial charge is 0.226 e. The minimum absolute atomic E-state index is 0.394. The van der Waals surface area contributed by atoms with Crippen molar-refractivity contribution in [3.05, 3.63) is 4.77 Å². The summed E-state index contributed by atoms with van der Waals surface area (Å²) in [6, 6.07) is 1.04. The number of anilines is 1. The Balaban J connectivity index is 1.69. The lowest BCUT2D eigenvalue weighted by atomic mass is 10.1. The van der Waals surface area contributed by atoms with E-state index in [-0.39, 0.29) is 0 Å². The number of rotatable bonds is 2. The number of morpholine rings is 1. The number of fused-ring (bicyclic) bond motifs is 1. The molecule has 3 fully saturated rings. The molecule has 0 amide bonds. The van der Waals surface area contributed by atoms with E-state index in [0.29, 0.717) is 18.2 Å². The van der Waals surface area contributed by atoms with Crippen LogP contribution < -0.4 is 4.90 Å². The van der Waals surface area contributed by atoms with Crippen LogP contribution in [0, 0.1) is 4.77 Å². The Bertz CT molecular complexity index is 534. The molecule has 2 aliphatic carbocycles. The normalized spacial score (nSPS) is 30.9. The fourth-order valence-electron chi connectivity index (χ4n) is 4.16. The molecule has 5 nitrogen and oxygen atoms in total. The highest BCUT2D eigenvalue weighted by atomic mass is 32.1. The minimum atomic E-state index is 0.394. The third-order valence-electron chi connectivity index (χ3n) is 5.11. The highest BCUT2D eigenvalue weighted by Crippen LogP contribution is 2.36.